The molecule has 1 aromatic carbocycles. The van der Waals surface area contributed by atoms with Gasteiger partial charge in [0.15, 0.2) is 0 Å². The molecular formula is C17H26N4. The van der Waals surface area contributed by atoms with Gasteiger partial charge in [0, 0.05) is 25.3 Å². The molecule has 0 radical (unpaired) electrons. The summed E-state index contributed by atoms with van der Waals surface area (Å²) in [6.07, 6.45) is 1.13. The molecule has 0 spiro atoms. The van der Waals surface area contributed by atoms with E-state index < -0.39 is 0 Å². The first kappa shape index (κ1) is 15.6. The molecule has 0 aliphatic rings. The lowest BCUT2D eigenvalue weighted by atomic mass is 10.1. The second-order valence-corrected chi connectivity index (χ2v) is 5.50. The van der Waals surface area contributed by atoms with Crippen LogP contribution < -0.4 is 5.73 Å². The molecule has 1 heterocycles. The van der Waals surface area contributed by atoms with Crippen molar-refractivity contribution in [3.63, 3.8) is 0 Å². The first-order chi connectivity index (χ1) is 10.1. The molecule has 0 atom stereocenters. The molecule has 4 heteroatoms. The lowest BCUT2D eigenvalue weighted by Gasteiger charge is -2.22. The van der Waals surface area contributed by atoms with Crippen molar-refractivity contribution < 1.29 is 0 Å². The van der Waals surface area contributed by atoms with Gasteiger partial charge in [-0.3, -0.25) is 9.58 Å². The Morgan fingerprint density at radius 3 is 2.62 bits per heavy atom. The van der Waals surface area contributed by atoms with Crippen molar-refractivity contribution in [2.75, 3.05) is 12.3 Å². The number of benzene rings is 1. The number of para-hydroxylation sites is 1. The van der Waals surface area contributed by atoms with Crippen molar-refractivity contribution in [3.8, 4) is 0 Å². The molecule has 4 nitrogen and oxygen atoms in total. The van der Waals surface area contributed by atoms with Crippen molar-refractivity contribution in [2.24, 2.45) is 0 Å². The third-order valence-corrected chi connectivity index (χ3v) is 3.66. The van der Waals surface area contributed by atoms with Gasteiger partial charge in [0.25, 0.3) is 0 Å². The predicted octanol–water partition coefficient (Wildman–Crippen LogP) is 3.21. The zero-order chi connectivity index (χ0) is 15.2. The smallest absolute Gasteiger partial charge is 0.0597 e. The molecule has 0 fully saturated rings. The van der Waals surface area contributed by atoms with Gasteiger partial charge < -0.3 is 5.73 Å². The topological polar surface area (TPSA) is 47.1 Å². The Labute approximate surface area is 127 Å². The van der Waals surface area contributed by atoms with Crippen LogP contribution in [-0.4, -0.2) is 21.2 Å². The summed E-state index contributed by atoms with van der Waals surface area (Å²) in [7, 11) is 0. The van der Waals surface area contributed by atoms with Crippen LogP contribution in [0.3, 0.4) is 0 Å². The van der Waals surface area contributed by atoms with Crippen molar-refractivity contribution in [3.05, 3.63) is 47.3 Å². The molecule has 2 N–H and O–H groups in total. The standard InChI is InChI=1S/C17H26N4/c1-4-10-20(12-15-8-6-7-9-17(15)18)13-16-11-14(3)19-21(16)5-2/h6-9,11H,4-5,10,12-13,18H2,1-3H3. The van der Waals surface area contributed by atoms with Crippen molar-refractivity contribution >= 4 is 5.69 Å². The third kappa shape index (κ3) is 4.08. The van der Waals surface area contributed by atoms with Crippen LogP contribution >= 0.6 is 0 Å². The number of aryl methyl sites for hydroxylation is 2. The van der Waals surface area contributed by atoms with Crippen LogP contribution in [0.15, 0.2) is 30.3 Å². The Kier molecular flexibility index (Phi) is 5.39. The van der Waals surface area contributed by atoms with Gasteiger partial charge in [-0.05, 0) is 44.5 Å². The van der Waals surface area contributed by atoms with Crippen LogP contribution in [0.5, 0.6) is 0 Å². The Morgan fingerprint density at radius 1 is 1.19 bits per heavy atom. The molecule has 0 amide bonds. The zero-order valence-electron chi connectivity index (χ0n) is 13.3. The van der Waals surface area contributed by atoms with Gasteiger partial charge in [-0.15, -0.1) is 0 Å². The first-order valence-corrected chi connectivity index (χ1v) is 7.73. The van der Waals surface area contributed by atoms with E-state index in [-0.39, 0.29) is 0 Å². The minimum absolute atomic E-state index is 0.874. The molecule has 0 aliphatic carbocycles. The monoisotopic (exact) mass is 286 g/mol. The fourth-order valence-electron chi connectivity index (χ4n) is 2.68. The fourth-order valence-corrected chi connectivity index (χ4v) is 2.68. The summed E-state index contributed by atoms with van der Waals surface area (Å²) in [6.45, 7) is 10.2. The van der Waals surface area contributed by atoms with Crippen LogP contribution in [0.1, 0.15) is 37.2 Å². The minimum Gasteiger partial charge on any atom is -0.398 e. The molecule has 0 unspecified atom stereocenters. The average molecular weight is 286 g/mol. The molecule has 1 aromatic heterocycles. The molecular weight excluding hydrogens is 260 g/mol. The summed E-state index contributed by atoms with van der Waals surface area (Å²) >= 11 is 0. The third-order valence-electron chi connectivity index (χ3n) is 3.66. The molecule has 0 saturated heterocycles. The number of nitrogens with zero attached hydrogens (tertiary/aromatic N) is 3. The fraction of sp³-hybridized carbons (Fsp3) is 0.471. The lowest BCUT2D eigenvalue weighted by molar-refractivity contribution is 0.249. The molecule has 2 aromatic rings. The summed E-state index contributed by atoms with van der Waals surface area (Å²) < 4.78 is 2.09. The maximum absolute atomic E-state index is 6.07. The largest absolute Gasteiger partial charge is 0.398 e. The summed E-state index contributed by atoms with van der Waals surface area (Å²) in [5, 5.41) is 4.53. The zero-order valence-corrected chi connectivity index (χ0v) is 13.3. The molecule has 0 saturated carbocycles. The number of aromatic nitrogens is 2. The second kappa shape index (κ2) is 7.27. The van der Waals surface area contributed by atoms with E-state index in [4.69, 9.17) is 5.73 Å². The Balaban J connectivity index is 2.13. The van der Waals surface area contributed by atoms with Gasteiger partial charge in [0.05, 0.1) is 11.4 Å². The second-order valence-electron chi connectivity index (χ2n) is 5.50. The highest BCUT2D eigenvalue weighted by Gasteiger charge is 2.11. The number of nitrogen functional groups attached to an aromatic ring is 1. The van der Waals surface area contributed by atoms with Crippen LogP contribution in [0.25, 0.3) is 0 Å². The predicted molar refractivity (Wildman–Crippen MR) is 87.9 cm³/mol. The summed E-state index contributed by atoms with van der Waals surface area (Å²) in [4.78, 5) is 2.44. The van der Waals surface area contributed by atoms with Gasteiger partial charge >= 0.3 is 0 Å². The number of nitrogens with two attached hydrogens (primary N) is 1. The van der Waals surface area contributed by atoms with Crippen LogP contribution in [0, 0.1) is 6.92 Å². The van der Waals surface area contributed by atoms with Crippen LogP contribution in [-0.2, 0) is 19.6 Å². The highest BCUT2D eigenvalue weighted by atomic mass is 15.3. The highest BCUT2D eigenvalue weighted by molar-refractivity contribution is 5.46. The van der Waals surface area contributed by atoms with E-state index in [1.54, 1.807) is 0 Å². The van der Waals surface area contributed by atoms with Crippen molar-refractivity contribution in [2.45, 2.75) is 46.8 Å². The minimum atomic E-state index is 0.874. The maximum Gasteiger partial charge on any atom is 0.0597 e. The normalized spacial score (nSPS) is 11.2. The van der Waals surface area contributed by atoms with Crippen molar-refractivity contribution in [1.82, 2.24) is 14.7 Å². The van der Waals surface area contributed by atoms with E-state index in [0.29, 0.717) is 0 Å². The SMILES string of the molecule is CCCN(Cc1ccccc1N)Cc1cc(C)nn1CC. The average Bonchev–Trinajstić information content (AvgIpc) is 2.81. The Hall–Kier alpha value is -1.81. The van der Waals surface area contributed by atoms with E-state index >= 15 is 0 Å². The Morgan fingerprint density at radius 2 is 1.95 bits per heavy atom. The number of hydrogen-bond donors (Lipinski definition) is 1. The van der Waals surface area contributed by atoms with Crippen LogP contribution in [0.4, 0.5) is 5.69 Å². The van der Waals surface area contributed by atoms with E-state index in [9.17, 15) is 0 Å². The molecule has 114 valence electrons. The number of rotatable bonds is 7. The lowest BCUT2D eigenvalue weighted by Crippen LogP contribution is -2.25. The quantitative estimate of drug-likeness (QED) is 0.795. The van der Waals surface area contributed by atoms with E-state index in [1.165, 1.54) is 11.3 Å². The summed E-state index contributed by atoms with van der Waals surface area (Å²) in [6, 6.07) is 10.3. The summed E-state index contributed by atoms with van der Waals surface area (Å²) in [5.41, 5.74) is 10.5. The van der Waals surface area contributed by atoms with Crippen molar-refractivity contribution in [1.29, 1.82) is 0 Å². The number of anilines is 1. The molecule has 0 aliphatic heterocycles. The van der Waals surface area contributed by atoms with E-state index in [1.807, 2.05) is 12.1 Å². The molecule has 2 rings (SSSR count). The van der Waals surface area contributed by atoms with Gasteiger partial charge in [-0.2, -0.15) is 5.10 Å². The van der Waals surface area contributed by atoms with E-state index in [0.717, 1.165) is 44.0 Å². The highest BCUT2D eigenvalue weighted by Crippen LogP contribution is 2.16. The van der Waals surface area contributed by atoms with Gasteiger partial charge in [0.2, 0.25) is 0 Å². The number of hydrogen-bond acceptors (Lipinski definition) is 3. The van der Waals surface area contributed by atoms with Gasteiger partial charge in [-0.1, -0.05) is 25.1 Å². The van der Waals surface area contributed by atoms with Gasteiger partial charge in [0.1, 0.15) is 0 Å². The Bertz CT molecular complexity index is 574. The first-order valence-electron chi connectivity index (χ1n) is 7.73. The van der Waals surface area contributed by atoms with Gasteiger partial charge in [-0.25, -0.2) is 0 Å². The molecule has 21 heavy (non-hydrogen) atoms. The van der Waals surface area contributed by atoms with Crippen LogP contribution in [0.2, 0.25) is 0 Å². The molecule has 0 bridgehead atoms. The maximum atomic E-state index is 6.07. The van der Waals surface area contributed by atoms with E-state index in [2.05, 4.69) is 53.7 Å². The summed E-state index contributed by atoms with van der Waals surface area (Å²) in [5.74, 6) is 0.